The van der Waals surface area contributed by atoms with E-state index >= 15 is 0 Å². The van der Waals surface area contributed by atoms with Crippen LogP contribution in [-0.2, 0) is 10.0 Å². The number of nitrogens with zero attached hydrogens (tertiary/aromatic N) is 1. The van der Waals surface area contributed by atoms with Crippen LogP contribution in [0.25, 0.3) is 6.08 Å². The molecule has 3 rings (SSSR count). The molecule has 1 aromatic carbocycles. The normalized spacial score (nSPS) is 20.3. The zero-order valence-corrected chi connectivity index (χ0v) is 13.7. The molecule has 0 unspecified atom stereocenters. The van der Waals surface area contributed by atoms with Crippen LogP contribution in [0.2, 0.25) is 0 Å². The van der Waals surface area contributed by atoms with Crippen molar-refractivity contribution in [3.8, 4) is 0 Å². The van der Waals surface area contributed by atoms with E-state index in [9.17, 15) is 8.42 Å². The first-order valence-corrected chi connectivity index (χ1v) is 10.0. The Morgan fingerprint density at radius 3 is 2.71 bits per heavy atom. The van der Waals surface area contributed by atoms with Crippen LogP contribution in [0.4, 0.5) is 0 Å². The second-order valence-corrected chi connectivity index (χ2v) is 8.39. The summed E-state index contributed by atoms with van der Waals surface area (Å²) >= 11 is 3.27. The number of thioether (sulfide) groups is 1. The third-order valence-electron chi connectivity index (χ3n) is 3.24. The van der Waals surface area contributed by atoms with Gasteiger partial charge in [0.1, 0.15) is 0 Å². The average Bonchev–Trinajstić information content (AvgIpc) is 3.16. The largest absolute Gasteiger partial charge is 0.237 e. The quantitative estimate of drug-likeness (QED) is 0.852. The highest BCUT2D eigenvalue weighted by molar-refractivity contribution is 8.01. The van der Waals surface area contributed by atoms with Gasteiger partial charge in [0.2, 0.25) is 10.0 Å². The van der Waals surface area contributed by atoms with Crippen molar-refractivity contribution in [2.45, 2.75) is 5.37 Å². The topological polar surface area (TPSA) is 37.4 Å². The third-order valence-corrected chi connectivity index (χ3v) is 6.86. The van der Waals surface area contributed by atoms with Crippen LogP contribution in [0.3, 0.4) is 0 Å². The zero-order valence-electron chi connectivity index (χ0n) is 11.3. The summed E-state index contributed by atoms with van der Waals surface area (Å²) < 4.78 is 26.7. The molecule has 2 heterocycles. The third kappa shape index (κ3) is 3.40. The fraction of sp³-hybridized carbons (Fsp3) is 0.200. The van der Waals surface area contributed by atoms with E-state index in [0.29, 0.717) is 6.54 Å². The maximum absolute atomic E-state index is 12.5. The van der Waals surface area contributed by atoms with E-state index in [1.54, 1.807) is 33.5 Å². The van der Waals surface area contributed by atoms with Crippen LogP contribution in [-0.4, -0.2) is 25.0 Å². The molecule has 1 aromatic heterocycles. The Bertz CT molecular complexity index is 709. The number of thiophene rings is 1. The monoisotopic (exact) mass is 337 g/mol. The van der Waals surface area contributed by atoms with Crippen molar-refractivity contribution < 1.29 is 8.42 Å². The van der Waals surface area contributed by atoms with Crippen LogP contribution in [0, 0.1) is 0 Å². The van der Waals surface area contributed by atoms with Gasteiger partial charge in [-0.3, -0.25) is 0 Å². The van der Waals surface area contributed by atoms with Crippen molar-refractivity contribution in [2.75, 3.05) is 12.3 Å². The van der Waals surface area contributed by atoms with Gasteiger partial charge in [0.05, 0.1) is 5.37 Å². The SMILES string of the molecule is O=S(=O)(/C=C/c1ccccc1)N1CCS[C@H]1c1ccsc1. The van der Waals surface area contributed by atoms with E-state index in [-0.39, 0.29) is 5.37 Å². The minimum atomic E-state index is -3.40. The molecule has 6 heteroatoms. The molecule has 1 fully saturated rings. The van der Waals surface area contributed by atoms with Gasteiger partial charge in [0.25, 0.3) is 0 Å². The van der Waals surface area contributed by atoms with Gasteiger partial charge in [0, 0.05) is 17.7 Å². The van der Waals surface area contributed by atoms with Gasteiger partial charge >= 0.3 is 0 Å². The highest BCUT2D eigenvalue weighted by Gasteiger charge is 2.34. The van der Waals surface area contributed by atoms with Gasteiger partial charge in [-0.25, -0.2) is 8.42 Å². The van der Waals surface area contributed by atoms with Crippen molar-refractivity contribution in [3.63, 3.8) is 0 Å². The summed E-state index contributed by atoms with van der Waals surface area (Å²) in [5.41, 5.74) is 1.96. The van der Waals surface area contributed by atoms with Gasteiger partial charge in [-0.2, -0.15) is 15.6 Å². The average molecular weight is 337 g/mol. The molecule has 0 saturated carbocycles. The molecule has 21 heavy (non-hydrogen) atoms. The molecule has 2 aromatic rings. The summed E-state index contributed by atoms with van der Waals surface area (Å²) in [7, 11) is -3.40. The molecule has 3 nitrogen and oxygen atoms in total. The Hall–Kier alpha value is -1.08. The number of hydrogen-bond acceptors (Lipinski definition) is 4. The van der Waals surface area contributed by atoms with Crippen molar-refractivity contribution in [1.29, 1.82) is 0 Å². The molecular formula is C15H15NO2S3. The first kappa shape index (κ1) is 14.8. The van der Waals surface area contributed by atoms with E-state index < -0.39 is 10.0 Å². The van der Waals surface area contributed by atoms with Crippen molar-refractivity contribution in [2.24, 2.45) is 0 Å². The molecule has 1 aliphatic rings. The molecule has 0 aliphatic carbocycles. The Balaban J connectivity index is 1.83. The van der Waals surface area contributed by atoms with Gasteiger partial charge in [-0.1, -0.05) is 30.3 Å². The van der Waals surface area contributed by atoms with Crippen LogP contribution < -0.4 is 0 Å². The van der Waals surface area contributed by atoms with Crippen LogP contribution in [0.5, 0.6) is 0 Å². The Labute approximate surface area is 133 Å². The molecule has 0 bridgehead atoms. The number of rotatable bonds is 4. The van der Waals surface area contributed by atoms with Crippen LogP contribution in [0.1, 0.15) is 16.5 Å². The molecular weight excluding hydrogens is 322 g/mol. The van der Waals surface area contributed by atoms with Crippen molar-refractivity contribution in [3.05, 3.63) is 63.7 Å². The van der Waals surface area contributed by atoms with Gasteiger partial charge in [-0.05, 0) is 34.0 Å². The summed E-state index contributed by atoms with van der Waals surface area (Å²) in [4.78, 5) is 0. The van der Waals surface area contributed by atoms with E-state index in [1.165, 1.54) is 5.41 Å². The molecule has 1 saturated heterocycles. The van der Waals surface area contributed by atoms with E-state index in [2.05, 4.69) is 0 Å². The summed E-state index contributed by atoms with van der Waals surface area (Å²) in [5, 5.41) is 5.22. The van der Waals surface area contributed by atoms with E-state index in [0.717, 1.165) is 16.9 Å². The summed E-state index contributed by atoms with van der Waals surface area (Å²) in [6.07, 6.45) is 1.66. The van der Waals surface area contributed by atoms with Crippen molar-refractivity contribution >= 4 is 39.2 Å². The second-order valence-electron chi connectivity index (χ2n) is 4.65. The molecule has 110 valence electrons. The Kier molecular flexibility index (Phi) is 4.49. The zero-order chi connectivity index (χ0) is 14.7. The number of sulfonamides is 1. The highest BCUT2D eigenvalue weighted by atomic mass is 32.2. The summed E-state index contributed by atoms with van der Waals surface area (Å²) in [6, 6.07) is 11.5. The number of hydrogen-bond donors (Lipinski definition) is 0. The first-order valence-electron chi connectivity index (χ1n) is 6.55. The Morgan fingerprint density at radius 2 is 2.00 bits per heavy atom. The minimum absolute atomic E-state index is 0.0957. The maximum Gasteiger partial charge on any atom is 0.237 e. The maximum atomic E-state index is 12.5. The summed E-state index contributed by atoms with van der Waals surface area (Å²) in [5.74, 6) is 0.832. The predicted molar refractivity (Wildman–Crippen MR) is 90.6 cm³/mol. The van der Waals surface area contributed by atoms with Gasteiger partial charge in [0.15, 0.2) is 0 Å². The minimum Gasteiger partial charge on any atom is -0.207 e. The molecule has 0 spiro atoms. The fourth-order valence-corrected chi connectivity index (χ4v) is 5.98. The lowest BCUT2D eigenvalue weighted by Crippen LogP contribution is -2.28. The smallest absolute Gasteiger partial charge is 0.207 e. The van der Waals surface area contributed by atoms with Crippen molar-refractivity contribution in [1.82, 2.24) is 4.31 Å². The standard InChI is InChI=1S/C15H15NO2S3/c17-21(18,11-7-13-4-2-1-3-5-13)16-8-10-20-15(16)14-6-9-19-12-14/h1-7,9,11-12,15H,8,10H2/b11-7+/t15-/m0/s1. The van der Waals surface area contributed by atoms with E-state index in [4.69, 9.17) is 0 Å². The lowest BCUT2D eigenvalue weighted by Gasteiger charge is -2.20. The molecule has 0 amide bonds. The predicted octanol–water partition coefficient (Wildman–Crippen LogP) is 3.80. The van der Waals surface area contributed by atoms with Gasteiger partial charge < -0.3 is 0 Å². The highest BCUT2D eigenvalue weighted by Crippen LogP contribution is 2.40. The Morgan fingerprint density at radius 1 is 1.19 bits per heavy atom. The van der Waals surface area contributed by atoms with Crippen LogP contribution in [0.15, 0.2) is 52.6 Å². The molecule has 1 aliphatic heterocycles. The van der Waals surface area contributed by atoms with Gasteiger partial charge in [-0.15, -0.1) is 11.8 Å². The second kappa shape index (κ2) is 6.36. The number of benzene rings is 1. The molecule has 1 atom stereocenters. The summed E-state index contributed by atoms with van der Waals surface area (Å²) in [6.45, 7) is 0.562. The first-order chi connectivity index (χ1) is 10.2. The van der Waals surface area contributed by atoms with E-state index in [1.807, 2.05) is 47.2 Å². The molecule has 0 N–H and O–H groups in total. The van der Waals surface area contributed by atoms with Crippen LogP contribution >= 0.6 is 23.1 Å². The fourth-order valence-electron chi connectivity index (χ4n) is 2.20. The lowest BCUT2D eigenvalue weighted by atomic mass is 10.2. The molecule has 0 radical (unpaired) electrons. The lowest BCUT2D eigenvalue weighted by molar-refractivity contribution is 0.442.